The van der Waals surface area contributed by atoms with Crippen LogP contribution in [0.5, 0.6) is 11.5 Å². The molecule has 31 heavy (non-hydrogen) atoms. The van der Waals surface area contributed by atoms with Gasteiger partial charge in [-0.25, -0.2) is 0 Å². The average molecular weight is 439 g/mol. The summed E-state index contributed by atoms with van der Waals surface area (Å²) >= 11 is 1.33. The molecule has 3 rings (SSSR count). The van der Waals surface area contributed by atoms with Crippen molar-refractivity contribution < 1.29 is 14.3 Å². The molecule has 1 aromatic heterocycles. The van der Waals surface area contributed by atoms with E-state index in [2.05, 4.69) is 22.1 Å². The second kappa shape index (κ2) is 10.7. The van der Waals surface area contributed by atoms with Gasteiger partial charge in [0.1, 0.15) is 18.1 Å². The van der Waals surface area contributed by atoms with Crippen molar-refractivity contribution in [2.75, 3.05) is 18.2 Å². The number of carbonyl (C=O) groups excluding carboxylic acids is 1. The highest BCUT2D eigenvalue weighted by atomic mass is 32.2. The Morgan fingerprint density at radius 1 is 1.13 bits per heavy atom. The Morgan fingerprint density at radius 2 is 1.81 bits per heavy atom. The van der Waals surface area contributed by atoms with E-state index in [9.17, 15) is 4.79 Å². The lowest BCUT2D eigenvalue weighted by Gasteiger charge is -2.12. The summed E-state index contributed by atoms with van der Waals surface area (Å²) in [6.07, 6.45) is 1.76. The van der Waals surface area contributed by atoms with E-state index in [1.807, 2.05) is 60.9 Å². The number of para-hydroxylation sites is 1. The van der Waals surface area contributed by atoms with Crippen LogP contribution in [0.1, 0.15) is 17.0 Å². The lowest BCUT2D eigenvalue weighted by molar-refractivity contribution is -0.113. The Labute approximate surface area is 186 Å². The van der Waals surface area contributed by atoms with Crippen molar-refractivity contribution in [3.63, 3.8) is 0 Å². The number of aryl methyl sites for hydroxylation is 2. The molecule has 0 spiro atoms. The van der Waals surface area contributed by atoms with Crippen LogP contribution in [-0.4, -0.2) is 33.5 Å². The number of thioether (sulfide) groups is 1. The number of nitrogens with zero attached hydrogens (tertiary/aromatic N) is 3. The van der Waals surface area contributed by atoms with E-state index < -0.39 is 0 Å². The maximum Gasteiger partial charge on any atom is 0.234 e. The Kier molecular flexibility index (Phi) is 7.72. The van der Waals surface area contributed by atoms with E-state index >= 15 is 0 Å². The molecule has 0 aliphatic carbocycles. The van der Waals surface area contributed by atoms with Gasteiger partial charge in [0.05, 0.1) is 12.9 Å². The number of ether oxygens (including phenoxy) is 2. The topological polar surface area (TPSA) is 78.3 Å². The van der Waals surface area contributed by atoms with Gasteiger partial charge in [-0.05, 0) is 49.2 Å². The average Bonchev–Trinajstić information content (AvgIpc) is 3.15. The van der Waals surface area contributed by atoms with Crippen LogP contribution < -0.4 is 14.8 Å². The molecule has 0 bridgehead atoms. The van der Waals surface area contributed by atoms with Gasteiger partial charge < -0.3 is 14.8 Å². The quantitative estimate of drug-likeness (QED) is 0.373. The zero-order valence-electron chi connectivity index (χ0n) is 17.9. The van der Waals surface area contributed by atoms with Crippen LogP contribution in [0.4, 0.5) is 5.69 Å². The molecule has 0 saturated heterocycles. The van der Waals surface area contributed by atoms with E-state index in [1.165, 1.54) is 11.8 Å². The first-order valence-electron chi connectivity index (χ1n) is 9.80. The fourth-order valence-corrected chi connectivity index (χ4v) is 3.75. The fraction of sp³-hybridized carbons (Fsp3) is 0.261. The monoisotopic (exact) mass is 438 g/mol. The van der Waals surface area contributed by atoms with Crippen LogP contribution in [0.15, 0.2) is 60.3 Å². The molecular formula is C23H26N4O3S. The van der Waals surface area contributed by atoms with Gasteiger partial charge in [0.2, 0.25) is 5.91 Å². The lowest BCUT2D eigenvalue weighted by Crippen LogP contribution is -2.16. The highest BCUT2D eigenvalue weighted by Gasteiger charge is 2.15. The van der Waals surface area contributed by atoms with Gasteiger partial charge in [-0.1, -0.05) is 36.0 Å². The Morgan fingerprint density at radius 3 is 2.45 bits per heavy atom. The molecule has 3 aromatic rings. The number of nitrogens with one attached hydrogen (secondary N) is 1. The van der Waals surface area contributed by atoms with E-state index in [1.54, 1.807) is 13.2 Å². The van der Waals surface area contributed by atoms with Crippen LogP contribution in [0.25, 0.3) is 0 Å². The largest absolute Gasteiger partial charge is 0.497 e. The molecule has 8 heteroatoms. The molecule has 0 atom stereocenters. The molecule has 1 heterocycles. The SMILES string of the molecule is C=CCn1c(COc2ccc(OC)cc2)nnc1SCC(=O)Nc1c(C)cccc1C. The van der Waals surface area contributed by atoms with E-state index in [4.69, 9.17) is 9.47 Å². The van der Waals surface area contributed by atoms with Gasteiger partial charge in [-0.2, -0.15) is 0 Å². The molecule has 1 amide bonds. The maximum absolute atomic E-state index is 12.5. The lowest BCUT2D eigenvalue weighted by atomic mass is 10.1. The number of hydrogen-bond donors (Lipinski definition) is 1. The van der Waals surface area contributed by atoms with Gasteiger partial charge >= 0.3 is 0 Å². The van der Waals surface area contributed by atoms with Crippen LogP contribution in [0.2, 0.25) is 0 Å². The molecular weight excluding hydrogens is 412 g/mol. The second-order valence-electron chi connectivity index (χ2n) is 6.87. The second-order valence-corrected chi connectivity index (χ2v) is 7.81. The number of allylic oxidation sites excluding steroid dienone is 1. The normalized spacial score (nSPS) is 10.5. The first-order valence-corrected chi connectivity index (χ1v) is 10.8. The third-order valence-corrected chi connectivity index (χ3v) is 5.58. The maximum atomic E-state index is 12.5. The van der Waals surface area contributed by atoms with Crippen molar-refractivity contribution in [1.29, 1.82) is 0 Å². The van der Waals surface area contributed by atoms with Crippen molar-refractivity contribution in [3.05, 3.63) is 72.1 Å². The van der Waals surface area contributed by atoms with Crippen LogP contribution in [-0.2, 0) is 17.9 Å². The first-order chi connectivity index (χ1) is 15.0. The van der Waals surface area contributed by atoms with Crippen molar-refractivity contribution in [2.45, 2.75) is 32.2 Å². The minimum atomic E-state index is -0.0911. The predicted molar refractivity (Wildman–Crippen MR) is 123 cm³/mol. The summed E-state index contributed by atoms with van der Waals surface area (Å²) in [5, 5.41) is 12.1. The van der Waals surface area contributed by atoms with E-state index in [0.717, 1.165) is 22.6 Å². The molecule has 0 aliphatic heterocycles. The van der Waals surface area contributed by atoms with Crippen LogP contribution in [0.3, 0.4) is 0 Å². The van der Waals surface area contributed by atoms with Crippen LogP contribution >= 0.6 is 11.8 Å². The first kappa shape index (κ1) is 22.4. The summed E-state index contributed by atoms with van der Waals surface area (Å²) in [4.78, 5) is 12.5. The van der Waals surface area contributed by atoms with Crippen LogP contribution in [0, 0.1) is 13.8 Å². The van der Waals surface area contributed by atoms with Crippen molar-refractivity contribution in [2.24, 2.45) is 0 Å². The highest BCUT2D eigenvalue weighted by Crippen LogP contribution is 2.23. The van der Waals surface area contributed by atoms with Gasteiger partial charge in [0.25, 0.3) is 0 Å². The van der Waals surface area contributed by atoms with E-state index in [-0.39, 0.29) is 18.3 Å². The molecule has 0 aliphatic rings. The minimum Gasteiger partial charge on any atom is -0.497 e. The molecule has 0 unspecified atom stereocenters. The zero-order chi connectivity index (χ0) is 22.2. The Bertz CT molecular complexity index is 1030. The van der Waals surface area contributed by atoms with Crippen molar-refractivity contribution in [1.82, 2.24) is 14.8 Å². The number of amides is 1. The summed E-state index contributed by atoms with van der Waals surface area (Å²) in [6, 6.07) is 13.3. The third kappa shape index (κ3) is 5.88. The van der Waals surface area contributed by atoms with Gasteiger partial charge in [-0.15, -0.1) is 16.8 Å². The molecule has 7 nitrogen and oxygen atoms in total. The summed E-state index contributed by atoms with van der Waals surface area (Å²) in [5.41, 5.74) is 2.92. The zero-order valence-corrected chi connectivity index (χ0v) is 18.7. The molecule has 162 valence electrons. The fourth-order valence-electron chi connectivity index (χ4n) is 2.98. The van der Waals surface area contributed by atoms with E-state index in [0.29, 0.717) is 23.3 Å². The molecule has 0 radical (unpaired) electrons. The third-order valence-electron chi connectivity index (χ3n) is 4.61. The smallest absolute Gasteiger partial charge is 0.234 e. The Balaban J connectivity index is 1.62. The summed E-state index contributed by atoms with van der Waals surface area (Å²) in [5.74, 6) is 2.26. The number of aromatic nitrogens is 3. The minimum absolute atomic E-state index is 0.0911. The molecule has 2 aromatic carbocycles. The molecule has 1 N–H and O–H groups in total. The van der Waals surface area contributed by atoms with Crippen molar-refractivity contribution >= 4 is 23.4 Å². The standard InChI is InChI=1S/C23H26N4O3S/c1-5-13-27-20(14-30-19-11-9-18(29-4)10-12-19)25-26-23(27)31-15-21(28)24-22-16(2)7-6-8-17(22)3/h5-12H,1,13-15H2,2-4H3,(H,24,28). The van der Waals surface area contributed by atoms with Crippen molar-refractivity contribution in [3.8, 4) is 11.5 Å². The number of rotatable bonds is 10. The summed E-state index contributed by atoms with van der Waals surface area (Å²) in [6.45, 7) is 8.54. The number of carbonyl (C=O) groups is 1. The number of benzene rings is 2. The number of anilines is 1. The van der Waals surface area contributed by atoms with Gasteiger partial charge in [0, 0.05) is 12.2 Å². The highest BCUT2D eigenvalue weighted by molar-refractivity contribution is 7.99. The summed E-state index contributed by atoms with van der Waals surface area (Å²) < 4.78 is 12.9. The Hall–Kier alpha value is -3.26. The summed E-state index contributed by atoms with van der Waals surface area (Å²) in [7, 11) is 1.62. The van der Waals surface area contributed by atoms with Gasteiger partial charge in [-0.3, -0.25) is 9.36 Å². The molecule has 0 saturated carbocycles. The number of methoxy groups -OCH3 is 1. The van der Waals surface area contributed by atoms with Gasteiger partial charge in [0.15, 0.2) is 11.0 Å². The number of hydrogen-bond acceptors (Lipinski definition) is 6. The molecule has 0 fully saturated rings. The predicted octanol–water partition coefficient (Wildman–Crippen LogP) is 4.40.